The van der Waals surface area contributed by atoms with E-state index in [4.69, 9.17) is 5.73 Å². The van der Waals surface area contributed by atoms with E-state index in [1.165, 1.54) is 0 Å². The Morgan fingerprint density at radius 2 is 2.27 bits per heavy atom. The highest BCUT2D eigenvalue weighted by atomic mass is 16.6. The third-order valence-corrected chi connectivity index (χ3v) is 1.43. The summed E-state index contributed by atoms with van der Waals surface area (Å²) in [5.41, 5.74) is 4.76. The molecule has 0 heterocycles. The summed E-state index contributed by atoms with van der Waals surface area (Å²) < 4.78 is 4.55. The third-order valence-electron chi connectivity index (χ3n) is 1.43. The predicted octanol–water partition coefficient (Wildman–Crippen LogP) is 0.631. The maximum atomic E-state index is 10.2. The minimum atomic E-state index is -0.840. The molecule has 0 aliphatic heterocycles. The Morgan fingerprint density at radius 3 is 2.64 bits per heavy atom. The standard InChI is InChI=1S/C7H15NO3/c1-3-4-6(9)5(2)11-7(8)10/h5-6,9H,3-4H2,1-2H3,(H2,8,10)/t5-,6?/m0/s1. The van der Waals surface area contributed by atoms with Crippen molar-refractivity contribution in [2.45, 2.75) is 38.9 Å². The van der Waals surface area contributed by atoms with Gasteiger partial charge in [-0.1, -0.05) is 13.3 Å². The Balaban J connectivity index is 3.63. The Morgan fingerprint density at radius 1 is 1.73 bits per heavy atom. The molecule has 0 aromatic heterocycles. The van der Waals surface area contributed by atoms with Crippen molar-refractivity contribution in [2.24, 2.45) is 5.73 Å². The summed E-state index contributed by atoms with van der Waals surface area (Å²) in [6.07, 6.45) is -0.477. The minimum Gasteiger partial charge on any atom is -0.444 e. The molecular weight excluding hydrogens is 146 g/mol. The molecule has 0 saturated heterocycles. The van der Waals surface area contributed by atoms with Crippen LogP contribution in [0.5, 0.6) is 0 Å². The minimum absolute atomic E-state index is 0.507. The summed E-state index contributed by atoms with van der Waals surface area (Å²) in [4.78, 5) is 10.2. The highest BCUT2D eigenvalue weighted by molar-refractivity contribution is 5.64. The Kier molecular flexibility index (Phi) is 4.61. The van der Waals surface area contributed by atoms with Gasteiger partial charge in [0.1, 0.15) is 6.10 Å². The molecule has 0 radical (unpaired) electrons. The lowest BCUT2D eigenvalue weighted by atomic mass is 10.1. The molecule has 0 spiro atoms. The highest BCUT2D eigenvalue weighted by Crippen LogP contribution is 2.04. The molecule has 0 fully saturated rings. The van der Waals surface area contributed by atoms with Crippen molar-refractivity contribution in [3.8, 4) is 0 Å². The molecule has 1 unspecified atom stereocenters. The lowest BCUT2D eigenvalue weighted by Crippen LogP contribution is -2.30. The van der Waals surface area contributed by atoms with Crippen molar-refractivity contribution in [1.82, 2.24) is 0 Å². The van der Waals surface area contributed by atoms with Crippen LogP contribution in [-0.2, 0) is 4.74 Å². The van der Waals surface area contributed by atoms with E-state index in [9.17, 15) is 9.90 Å². The summed E-state index contributed by atoms with van der Waals surface area (Å²) in [5.74, 6) is 0. The number of hydrogen-bond acceptors (Lipinski definition) is 3. The molecule has 0 aromatic rings. The summed E-state index contributed by atoms with van der Waals surface area (Å²) in [6.45, 7) is 3.56. The zero-order chi connectivity index (χ0) is 8.85. The lowest BCUT2D eigenvalue weighted by Gasteiger charge is -2.16. The van der Waals surface area contributed by atoms with Gasteiger partial charge in [0.05, 0.1) is 6.10 Å². The van der Waals surface area contributed by atoms with Crippen molar-refractivity contribution >= 4 is 6.09 Å². The Bertz CT molecular complexity index is 127. The molecule has 0 rings (SSSR count). The van der Waals surface area contributed by atoms with Gasteiger partial charge in [-0.05, 0) is 13.3 Å². The molecule has 0 saturated carbocycles. The largest absolute Gasteiger partial charge is 0.444 e. The number of amides is 1. The van der Waals surface area contributed by atoms with Gasteiger partial charge < -0.3 is 15.6 Å². The van der Waals surface area contributed by atoms with E-state index < -0.39 is 18.3 Å². The first-order valence-electron chi connectivity index (χ1n) is 3.72. The molecule has 4 nitrogen and oxygen atoms in total. The van der Waals surface area contributed by atoms with E-state index in [1.54, 1.807) is 6.92 Å². The maximum Gasteiger partial charge on any atom is 0.404 e. The average Bonchev–Trinajstić information content (AvgIpc) is 1.86. The topological polar surface area (TPSA) is 72.6 Å². The fourth-order valence-corrected chi connectivity index (χ4v) is 0.792. The van der Waals surface area contributed by atoms with E-state index in [-0.39, 0.29) is 0 Å². The Labute approximate surface area is 66.3 Å². The van der Waals surface area contributed by atoms with Crippen molar-refractivity contribution in [3.63, 3.8) is 0 Å². The fraction of sp³-hybridized carbons (Fsp3) is 0.857. The zero-order valence-electron chi connectivity index (χ0n) is 6.91. The summed E-state index contributed by atoms with van der Waals surface area (Å²) >= 11 is 0. The SMILES string of the molecule is CCCC(O)[C@H](C)OC(N)=O. The number of hydrogen-bond donors (Lipinski definition) is 2. The zero-order valence-corrected chi connectivity index (χ0v) is 6.91. The molecule has 0 aliphatic carbocycles. The molecule has 66 valence electrons. The van der Waals surface area contributed by atoms with Crippen LogP contribution in [0.15, 0.2) is 0 Å². The second-order valence-electron chi connectivity index (χ2n) is 2.50. The van der Waals surface area contributed by atoms with Crippen LogP contribution >= 0.6 is 0 Å². The molecule has 0 aromatic carbocycles. The van der Waals surface area contributed by atoms with Crippen LogP contribution in [0.4, 0.5) is 4.79 Å². The van der Waals surface area contributed by atoms with Crippen LogP contribution < -0.4 is 5.73 Å². The van der Waals surface area contributed by atoms with Gasteiger partial charge in [-0.3, -0.25) is 0 Å². The first kappa shape index (κ1) is 10.2. The highest BCUT2D eigenvalue weighted by Gasteiger charge is 2.15. The number of rotatable bonds is 4. The van der Waals surface area contributed by atoms with Crippen LogP contribution in [0.3, 0.4) is 0 Å². The number of nitrogens with two attached hydrogens (primary N) is 1. The quantitative estimate of drug-likeness (QED) is 0.635. The number of ether oxygens (including phenoxy) is 1. The molecular formula is C7H15NO3. The summed E-state index contributed by atoms with van der Waals surface area (Å²) in [5, 5.41) is 9.23. The van der Waals surface area contributed by atoms with Crippen LogP contribution in [0.1, 0.15) is 26.7 Å². The van der Waals surface area contributed by atoms with Crippen LogP contribution in [0.25, 0.3) is 0 Å². The number of aliphatic hydroxyl groups excluding tert-OH is 1. The van der Waals surface area contributed by atoms with E-state index in [2.05, 4.69) is 4.74 Å². The fourth-order valence-electron chi connectivity index (χ4n) is 0.792. The van der Waals surface area contributed by atoms with Gasteiger partial charge in [0.25, 0.3) is 0 Å². The lowest BCUT2D eigenvalue weighted by molar-refractivity contribution is 0.0123. The maximum absolute atomic E-state index is 10.2. The first-order valence-corrected chi connectivity index (χ1v) is 3.72. The van der Waals surface area contributed by atoms with Crippen molar-refractivity contribution in [3.05, 3.63) is 0 Å². The predicted molar refractivity (Wildman–Crippen MR) is 41.0 cm³/mol. The number of primary amides is 1. The smallest absolute Gasteiger partial charge is 0.404 e. The van der Waals surface area contributed by atoms with Crippen LogP contribution in [0.2, 0.25) is 0 Å². The average molecular weight is 161 g/mol. The second-order valence-corrected chi connectivity index (χ2v) is 2.50. The summed E-state index contributed by atoms with van der Waals surface area (Å²) in [6, 6.07) is 0. The molecule has 2 atom stereocenters. The van der Waals surface area contributed by atoms with Gasteiger partial charge in [0.15, 0.2) is 0 Å². The molecule has 11 heavy (non-hydrogen) atoms. The van der Waals surface area contributed by atoms with Gasteiger partial charge in [0, 0.05) is 0 Å². The van der Waals surface area contributed by atoms with Gasteiger partial charge in [0.2, 0.25) is 0 Å². The van der Waals surface area contributed by atoms with Crippen molar-refractivity contribution < 1.29 is 14.6 Å². The number of carbonyl (C=O) groups is 1. The van der Waals surface area contributed by atoms with Gasteiger partial charge in [-0.25, -0.2) is 4.79 Å². The molecule has 3 N–H and O–H groups in total. The van der Waals surface area contributed by atoms with E-state index >= 15 is 0 Å². The van der Waals surface area contributed by atoms with Gasteiger partial charge in [-0.15, -0.1) is 0 Å². The first-order chi connectivity index (χ1) is 5.07. The van der Waals surface area contributed by atoms with E-state index in [0.29, 0.717) is 6.42 Å². The second kappa shape index (κ2) is 4.96. The monoisotopic (exact) mass is 161 g/mol. The number of carbonyl (C=O) groups excluding carboxylic acids is 1. The van der Waals surface area contributed by atoms with E-state index in [1.807, 2.05) is 6.92 Å². The van der Waals surface area contributed by atoms with Crippen molar-refractivity contribution in [2.75, 3.05) is 0 Å². The molecule has 1 amide bonds. The van der Waals surface area contributed by atoms with Crippen LogP contribution in [0, 0.1) is 0 Å². The van der Waals surface area contributed by atoms with E-state index in [0.717, 1.165) is 6.42 Å². The third kappa shape index (κ3) is 4.61. The summed E-state index contributed by atoms with van der Waals surface area (Å²) in [7, 11) is 0. The Hall–Kier alpha value is -0.770. The molecule has 0 aliphatic rings. The molecule has 0 bridgehead atoms. The van der Waals surface area contributed by atoms with Gasteiger partial charge in [-0.2, -0.15) is 0 Å². The molecule has 4 heteroatoms. The van der Waals surface area contributed by atoms with Crippen LogP contribution in [-0.4, -0.2) is 23.4 Å². The van der Waals surface area contributed by atoms with Crippen molar-refractivity contribution in [1.29, 1.82) is 0 Å². The number of aliphatic hydroxyl groups is 1. The normalized spacial score (nSPS) is 15.5. The van der Waals surface area contributed by atoms with Gasteiger partial charge >= 0.3 is 6.09 Å².